The van der Waals surface area contributed by atoms with E-state index in [9.17, 15) is 9.59 Å². The molecule has 142 valence electrons. The van der Waals surface area contributed by atoms with E-state index in [-0.39, 0.29) is 11.8 Å². The lowest BCUT2D eigenvalue weighted by Gasteiger charge is -2.19. The second kappa shape index (κ2) is 9.00. The van der Waals surface area contributed by atoms with Crippen molar-refractivity contribution in [2.45, 2.75) is 25.8 Å². The lowest BCUT2D eigenvalue weighted by Crippen LogP contribution is -2.37. The van der Waals surface area contributed by atoms with Crippen LogP contribution in [0.5, 0.6) is 0 Å². The van der Waals surface area contributed by atoms with Crippen molar-refractivity contribution in [2.24, 2.45) is 0 Å². The average Bonchev–Trinajstić information content (AvgIpc) is 2.73. The fourth-order valence-corrected chi connectivity index (χ4v) is 2.92. The van der Waals surface area contributed by atoms with Gasteiger partial charge in [-0.1, -0.05) is 74.5 Å². The van der Waals surface area contributed by atoms with Gasteiger partial charge in [-0.05, 0) is 41.3 Å². The van der Waals surface area contributed by atoms with Gasteiger partial charge in [-0.3, -0.25) is 9.59 Å². The monoisotopic (exact) mass is 372 g/mol. The molecule has 2 amide bonds. The van der Waals surface area contributed by atoms with Gasteiger partial charge in [0.2, 0.25) is 0 Å². The normalized spacial score (nSPS) is 11.7. The topological polar surface area (TPSA) is 58.2 Å². The fraction of sp³-hybridized carbons (Fsp3) is 0.167. The molecule has 0 radical (unpaired) electrons. The second-order valence-corrected chi connectivity index (χ2v) is 6.95. The van der Waals surface area contributed by atoms with Crippen molar-refractivity contribution in [2.75, 3.05) is 5.32 Å². The molecule has 1 atom stereocenters. The molecule has 0 fully saturated rings. The molecule has 0 heterocycles. The summed E-state index contributed by atoms with van der Waals surface area (Å²) in [4.78, 5) is 25.6. The van der Waals surface area contributed by atoms with E-state index in [1.54, 1.807) is 24.3 Å². The highest BCUT2D eigenvalue weighted by Crippen LogP contribution is 2.20. The fourth-order valence-electron chi connectivity index (χ4n) is 2.92. The Bertz CT molecular complexity index is 920. The van der Waals surface area contributed by atoms with Gasteiger partial charge < -0.3 is 10.6 Å². The van der Waals surface area contributed by atoms with Gasteiger partial charge in [0.25, 0.3) is 11.8 Å². The number of anilines is 1. The Kier molecular flexibility index (Phi) is 6.22. The lowest BCUT2D eigenvalue weighted by atomic mass is 10.0. The highest BCUT2D eigenvalue weighted by Gasteiger charge is 2.23. The van der Waals surface area contributed by atoms with E-state index in [0.29, 0.717) is 17.2 Å². The van der Waals surface area contributed by atoms with Crippen molar-refractivity contribution in [3.05, 3.63) is 102 Å². The zero-order valence-corrected chi connectivity index (χ0v) is 16.1. The van der Waals surface area contributed by atoms with Gasteiger partial charge in [0.1, 0.15) is 6.04 Å². The van der Waals surface area contributed by atoms with Crippen LogP contribution < -0.4 is 10.6 Å². The molecule has 0 aliphatic carbocycles. The van der Waals surface area contributed by atoms with E-state index in [4.69, 9.17) is 0 Å². The molecule has 0 spiro atoms. The van der Waals surface area contributed by atoms with E-state index in [1.165, 1.54) is 5.56 Å². The van der Waals surface area contributed by atoms with E-state index in [0.717, 1.165) is 5.56 Å². The first kappa shape index (κ1) is 19.4. The summed E-state index contributed by atoms with van der Waals surface area (Å²) in [6, 6.07) is 25.1. The summed E-state index contributed by atoms with van der Waals surface area (Å²) in [6.45, 7) is 4.25. The minimum Gasteiger partial charge on any atom is -0.336 e. The van der Waals surface area contributed by atoms with Gasteiger partial charge in [0, 0.05) is 11.3 Å². The Morgan fingerprint density at radius 2 is 1.29 bits per heavy atom. The number of hydrogen-bond donors (Lipinski definition) is 2. The van der Waals surface area contributed by atoms with Crippen molar-refractivity contribution in [3.63, 3.8) is 0 Å². The number of carbonyl (C=O) groups excluding carboxylic acids is 2. The molecule has 0 aliphatic heterocycles. The third kappa shape index (κ3) is 4.86. The molecule has 0 aromatic heterocycles. The first-order valence-electron chi connectivity index (χ1n) is 9.36. The number of benzene rings is 3. The van der Waals surface area contributed by atoms with Crippen molar-refractivity contribution in [1.29, 1.82) is 0 Å². The van der Waals surface area contributed by atoms with Gasteiger partial charge >= 0.3 is 0 Å². The van der Waals surface area contributed by atoms with Crippen molar-refractivity contribution in [1.82, 2.24) is 5.32 Å². The number of nitrogens with one attached hydrogen (secondary N) is 2. The first-order valence-corrected chi connectivity index (χ1v) is 9.36. The van der Waals surface area contributed by atoms with Crippen LogP contribution in [-0.4, -0.2) is 11.8 Å². The maximum absolute atomic E-state index is 13.0. The van der Waals surface area contributed by atoms with Crippen molar-refractivity contribution >= 4 is 17.5 Å². The number of rotatable bonds is 6. The Balaban J connectivity index is 1.80. The predicted molar refractivity (Wildman–Crippen MR) is 112 cm³/mol. The SMILES string of the molecule is CC(C)c1ccc(NC(=O)C(NC(=O)c2ccccc2)c2ccccc2)cc1. The largest absolute Gasteiger partial charge is 0.336 e. The van der Waals surface area contributed by atoms with Gasteiger partial charge in [-0.2, -0.15) is 0 Å². The summed E-state index contributed by atoms with van der Waals surface area (Å²) in [5.74, 6) is -0.153. The molecule has 4 heteroatoms. The van der Waals surface area contributed by atoms with Crippen LogP contribution >= 0.6 is 0 Å². The van der Waals surface area contributed by atoms with E-state index in [1.807, 2.05) is 60.7 Å². The summed E-state index contributed by atoms with van der Waals surface area (Å²) in [5, 5.41) is 5.76. The molecular weight excluding hydrogens is 348 g/mol. The van der Waals surface area contributed by atoms with Crippen LogP contribution in [-0.2, 0) is 4.79 Å². The van der Waals surface area contributed by atoms with E-state index in [2.05, 4.69) is 24.5 Å². The number of hydrogen-bond acceptors (Lipinski definition) is 2. The standard InChI is InChI=1S/C24H24N2O2/c1-17(2)18-13-15-21(16-14-18)25-24(28)22(19-9-5-3-6-10-19)26-23(27)20-11-7-4-8-12-20/h3-17,22H,1-2H3,(H,25,28)(H,26,27). The number of amides is 2. The molecule has 3 rings (SSSR count). The molecule has 0 bridgehead atoms. The predicted octanol–water partition coefficient (Wildman–Crippen LogP) is 4.92. The summed E-state index contributed by atoms with van der Waals surface area (Å²) >= 11 is 0. The maximum Gasteiger partial charge on any atom is 0.252 e. The van der Waals surface area contributed by atoms with Gasteiger partial charge in [0.15, 0.2) is 0 Å². The van der Waals surface area contributed by atoms with Crippen LogP contribution in [0.15, 0.2) is 84.9 Å². The smallest absolute Gasteiger partial charge is 0.252 e. The first-order chi connectivity index (χ1) is 13.5. The summed E-state index contributed by atoms with van der Waals surface area (Å²) in [5.41, 5.74) is 3.14. The number of carbonyl (C=O) groups is 2. The van der Waals surface area contributed by atoms with Crippen molar-refractivity contribution < 1.29 is 9.59 Å². The van der Waals surface area contributed by atoms with Crippen LogP contribution in [0, 0.1) is 0 Å². The summed E-state index contributed by atoms with van der Waals surface area (Å²) in [6.07, 6.45) is 0. The zero-order valence-electron chi connectivity index (χ0n) is 16.1. The lowest BCUT2D eigenvalue weighted by molar-refractivity contribution is -0.118. The molecule has 28 heavy (non-hydrogen) atoms. The van der Waals surface area contributed by atoms with Gasteiger partial charge in [0.05, 0.1) is 0 Å². The second-order valence-electron chi connectivity index (χ2n) is 6.95. The third-order valence-corrected chi connectivity index (χ3v) is 4.55. The van der Waals surface area contributed by atoms with Crippen LogP contribution in [0.4, 0.5) is 5.69 Å². The van der Waals surface area contributed by atoms with Crippen LogP contribution in [0.25, 0.3) is 0 Å². The Hall–Kier alpha value is -3.40. The molecular formula is C24H24N2O2. The van der Waals surface area contributed by atoms with Crippen LogP contribution in [0.2, 0.25) is 0 Å². The van der Waals surface area contributed by atoms with E-state index >= 15 is 0 Å². The third-order valence-electron chi connectivity index (χ3n) is 4.55. The molecule has 3 aromatic rings. The molecule has 0 saturated carbocycles. The van der Waals surface area contributed by atoms with Crippen LogP contribution in [0.3, 0.4) is 0 Å². The molecule has 0 saturated heterocycles. The molecule has 0 aliphatic rings. The Morgan fingerprint density at radius 3 is 1.86 bits per heavy atom. The maximum atomic E-state index is 13.0. The van der Waals surface area contributed by atoms with Crippen molar-refractivity contribution in [3.8, 4) is 0 Å². The van der Waals surface area contributed by atoms with Crippen LogP contribution in [0.1, 0.15) is 47.3 Å². The summed E-state index contributed by atoms with van der Waals surface area (Å²) < 4.78 is 0. The zero-order chi connectivity index (χ0) is 19.9. The molecule has 3 aromatic carbocycles. The van der Waals surface area contributed by atoms with Gasteiger partial charge in [-0.25, -0.2) is 0 Å². The minimum atomic E-state index is -0.793. The Morgan fingerprint density at radius 1 is 0.714 bits per heavy atom. The summed E-state index contributed by atoms with van der Waals surface area (Å²) in [7, 11) is 0. The molecule has 4 nitrogen and oxygen atoms in total. The Labute approximate surface area is 165 Å². The highest BCUT2D eigenvalue weighted by atomic mass is 16.2. The van der Waals surface area contributed by atoms with Gasteiger partial charge in [-0.15, -0.1) is 0 Å². The van der Waals surface area contributed by atoms with E-state index < -0.39 is 6.04 Å². The quantitative estimate of drug-likeness (QED) is 0.645. The minimum absolute atomic E-state index is 0.284. The highest BCUT2D eigenvalue weighted by molar-refractivity contribution is 6.01. The molecule has 2 N–H and O–H groups in total. The molecule has 1 unspecified atom stereocenters. The average molecular weight is 372 g/mol.